The minimum absolute atomic E-state index is 0.00708. The Morgan fingerprint density at radius 2 is 1.63 bits per heavy atom. The van der Waals surface area contributed by atoms with Gasteiger partial charge in [-0.25, -0.2) is 0 Å². The summed E-state index contributed by atoms with van der Waals surface area (Å²) >= 11 is 0. The van der Waals surface area contributed by atoms with Crippen LogP contribution in [0.3, 0.4) is 0 Å². The first-order valence-electron chi connectivity index (χ1n) is 23.2. The first-order chi connectivity index (χ1) is 29.5. The van der Waals surface area contributed by atoms with Gasteiger partial charge in [0.1, 0.15) is 42.0 Å². The second-order valence-corrected chi connectivity index (χ2v) is 19.4. The second-order valence-electron chi connectivity index (χ2n) is 19.4. The average molecular weight is 875 g/mol. The summed E-state index contributed by atoms with van der Waals surface area (Å²) in [5.41, 5.74) is 0.188. The lowest BCUT2D eigenvalue weighted by Gasteiger charge is -2.51. The maximum Gasteiger partial charge on any atom is 0.316 e. The lowest BCUT2D eigenvalue weighted by Crippen LogP contribution is -2.58. The van der Waals surface area contributed by atoms with Gasteiger partial charge < -0.3 is 62.7 Å². The first kappa shape index (κ1) is 47.9. The van der Waals surface area contributed by atoms with Crippen molar-refractivity contribution in [1.82, 2.24) is 0 Å². The number of hydrogen-bond acceptors (Lipinski definition) is 14. The molecule has 0 saturated carbocycles. The molecule has 5 fully saturated rings. The van der Waals surface area contributed by atoms with E-state index in [0.29, 0.717) is 61.5 Å². The van der Waals surface area contributed by atoms with Gasteiger partial charge in [0.2, 0.25) is 0 Å². The number of rotatable bonds is 8. The Kier molecular flexibility index (Phi) is 15.3. The van der Waals surface area contributed by atoms with E-state index in [1.165, 1.54) is 0 Å². The van der Waals surface area contributed by atoms with Gasteiger partial charge in [-0.1, -0.05) is 64.5 Å². The van der Waals surface area contributed by atoms with E-state index in [4.69, 9.17) is 47.4 Å². The number of methoxy groups -OCH3 is 2. The second kappa shape index (κ2) is 19.8. The smallest absolute Gasteiger partial charge is 0.316 e. The van der Waals surface area contributed by atoms with E-state index in [1.807, 2.05) is 19.1 Å². The monoisotopic (exact) mass is 875 g/mol. The molecule has 20 atom stereocenters. The largest absolute Gasteiger partial charge is 0.462 e. The van der Waals surface area contributed by atoms with Gasteiger partial charge in [0.05, 0.1) is 49.3 Å². The van der Waals surface area contributed by atoms with E-state index in [9.17, 15) is 20.1 Å². The SMILES string of the molecule is CCC(C)C1O[C@]2(CCC1C)C[C@@H]1CC(C/C=C(/C)C(O[C@H]3C[C@H](OC)C(O[C@H]4C[C@H](OC)C(O)[C@H](C)O4)[C@H](C)O3)C(C)/C=C\C=C3\COC4[C@H](O)C(C)=C[C@@H](C(=O)O1)C34O)O2. The molecule has 14 heteroatoms. The first-order valence-corrected chi connectivity index (χ1v) is 23.2. The Hall–Kier alpha value is -2.05. The molecule has 0 radical (unpaired) electrons. The number of aliphatic hydroxyl groups excluding tert-OH is 2. The highest BCUT2D eigenvalue weighted by Crippen LogP contribution is 2.48. The third-order valence-electron chi connectivity index (χ3n) is 14.9. The van der Waals surface area contributed by atoms with Gasteiger partial charge in [0.15, 0.2) is 18.4 Å². The molecule has 0 aromatic rings. The van der Waals surface area contributed by atoms with Gasteiger partial charge >= 0.3 is 5.97 Å². The molecule has 6 aliphatic heterocycles. The van der Waals surface area contributed by atoms with Crippen LogP contribution in [0.25, 0.3) is 0 Å². The van der Waals surface area contributed by atoms with Crippen molar-refractivity contribution in [1.29, 1.82) is 0 Å². The summed E-state index contributed by atoms with van der Waals surface area (Å²) < 4.78 is 63.9. The zero-order valence-electron chi connectivity index (χ0n) is 38.5. The minimum atomic E-state index is -1.82. The average Bonchev–Trinajstić information content (AvgIpc) is 3.58. The van der Waals surface area contributed by atoms with Gasteiger partial charge in [-0.3, -0.25) is 4.79 Å². The minimum Gasteiger partial charge on any atom is -0.462 e. The third kappa shape index (κ3) is 9.73. The molecule has 62 heavy (non-hydrogen) atoms. The molecule has 0 aromatic carbocycles. The van der Waals surface area contributed by atoms with Crippen LogP contribution in [0, 0.1) is 23.7 Å². The molecule has 1 spiro atoms. The normalized spacial score (nSPS) is 49.4. The van der Waals surface area contributed by atoms with E-state index < -0.39 is 90.8 Å². The number of carbonyl (C=O) groups excluding carboxylic acids is 1. The lowest BCUT2D eigenvalue weighted by atomic mass is 9.71. The lowest BCUT2D eigenvalue weighted by molar-refractivity contribution is -0.340. The predicted octanol–water partition coefficient (Wildman–Crippen LogP) is 5.60. The van der Waals surface area contributed by atoms with E-state index >= 15 is 0 Å². The number of aliphatic hydroxyl groups is 3. The standard InChI is InChI=1S/C48H74O14/c1-11-25(2)43-28(5)17-18-47(62-43)23-34-20-33(61-47)16-15-27(4)42(26(3)13-12-14-32-24-55-45-40(49)29(6)19-35(46(51)58-34)48(32,45)52)59-39-22-37(54-10)44(31(8)57-39)60-38-21-36(53-9)41(50)30(7)56-38/h12-15,19,25-26,28,30-31,33-45,49-50,52H,11,16-18,20-24H2,1-10H3/b13-12-,27-15-,32-14-/t25?,26?,28?,30-,31-,33?,34-,35-,36-,37-,38-,39-,40+,41?,42?,43?,44?,45?,47+,48?/m0/s1. The van der Waals surface area contributed by atoms with Crippen molar-refractivity contribution in [3.63, 3.8) is 0 Å². The Morgan fingerprint density at radius 3 is 2.35 bits per heavy atom. The molecule has 0 amide bonds. The van der Waals surface area contributed by atoms with Gasteiger partial charge in [0, 0.05) is 52.2 Å². The zero-order chi connectivity index (χ0) is 44.7. The summed E-state index contributed by atoms with van der Waals surface area (Å²) in [5.74, 6) is -2.10. The fraction of sp³-hybridized carbons (Fsp3) is 0.812. The highest BCUT2D eigenvalue weighted by atomic mass is 16.7. The Bertz CT molecular complexity index is 1680. The van der Waals surface area contributed by atoms with Crippen molar-refractivity contribution in [2.24, 2.45) is 23.7 Å². The molecule has 2 bridgehead atoms. The van der Waals surface area contributed by atoms with E-state index in [-0.39, 0.29) is 30.8 Å². The molecule has 7 rings (SSSR count). The molecule has 1 aliphatic carbocycles. The fourth-order valence-corrected chi connectivity index (χ4v) is 11.0. The van der Waals surface area contributed by atoms with Crippen molar-refractivity contribution in [2.45, 2.75) is 204 Å². The molecule has 7 aliphatic rings. The molecule has 6 heterocycles. The molecule has 14 nitrogen and oxygen atoms in total. The van der Waals surface area contributed by atoms with Crippen molar-refractivity contribution in [2.75, 3.05) is 20.8 Å². The number of allylic oxidation sites excluding steroid dienone is 2. The molecule has 0 aromatic heterocycles. The van der Waals surface area contributed by atoms with E-state index in [2.05, 4.69) is 40.7 Å². The summed E-state index contributed by atoms with van der Waals surface area (Å²) in [7, 11) is 3.23. The topological polar surface area (TPSA) is 170 Å². The van der Waals surface area contributed by atoms with Crippen LogP contribution in [0.2, 0.25) is 0 Å². The Balaban J connectivity index is 1.18. The number of fused-ring (bicyclic) bond motifs is 2. The number of ether oxygens (including phenoxy) is 10. The molecule has 3 N–H and O–H groups in total. The number of hydrogen-bond donors (Lipinski definition) is 3. The zero-order valence-corrected chi connectivity index (χ0v) is 38.5. The van der Waals surface area contributed by atoms with Crippen molar-refractivity contribution in [3.05, 3.63) is 47.1 Å². The van der Waals surface area contributed by atoms with Crippen LogP contribution in [0.1, 0.15) is 107 Å². The summed E-state index contributed by atoms with van der Waals surface area (Å²) in [5, 5.41) is 34.2. The third-order valence-corrected chi connectivity index (χ3v) is 14.9. The van der Waals surface area contributed by atoms with Gasteiger partial charge in [-0.05, 0) is 69.1 Å². The summed E-state index contributed by atoms with van der Waals surface area (Å²) in [4.78, 5) is 14.4. The van der Waals surface area contributed by atoms with Gasteiger partial charge in [0.25, 0.3) is 0 Å². The van der Waals surface area contributed by atoms with Crippen LogP contribution < -0.4 is 0 Å². The molecular formula is C48H74O14. The fourth-order valence-electron chi connectivity index (χ4n) is 11.0. The van der Waals surface area contributed by atoms with Crippen molar-refractivity contribution < 1.29 is 67.5 Å². The summed E-state index contributed by atoms with van der Waals surface area (Å²) in [6.07, 6.45) is 6.53. The van der Waals surface area contributed by atoms with Crippen molar-refractivity contribution in [3.8, 4) is 0 Å². The Labute approximate surface area is 368 Å². The van der Waals surface area contributed by atoms with Crippen molar-refractivity contribution >= 4 is 5.97 Å². The van der Waals surface area contributed by atoms with Crippen LogP contribution >= 0.6 is 0 Å². The number of carbonyl (C=O) groups is 1. The highest BCUT2D eigenvalue weighted by molar-refractivity contribution is 5.78. The van der Waals surface area contributed by atoms with E-state index in [0.717, 1.165) is 18.4 Å². The molecule has 5 saturated heterocycles. The molecular weight excluding hydrogens is 801 g/mol. The quantitative estimate of drug-likeness (QED) is 0.204. The van der Waals surface area contributed by atoms with Crippen LogP contribution in [-0.2, 0) is 52.2 Å². The number of esters is 1. The maximum absolute atomic E-state index is 14.4. The van der Waals surface area contributed by atoms with Gasteiger partial charge in [-0.15, -0.1) is 0 Å². The molecule has 350 valence electrons. The molecule has 10 unspecified atom stereocenters. The van der Waals surface area contributed by atoms with Crippen LogP contribution in [0.5, 0.6) is 0 Å². The highest BCUT2D eigenvalue weighted by Gasteiger charge is 2.60. The summed E-state index contributed by atoms with van der Waals surface area (Å²) in [6.45, 7) is 16.3. The predicted molar refractivity (Wildman–Crippen MR) is 227 cm³/mol. The maximum atomic E-state index is 14.4. The summed E-state index contributed by atoms with van der Waals surface area (Å²) in [6, 6.07) is 0. The van der Waals surface area contributed by atoms with Crippen LogP contribution in [-0.4, -0.2) is 139 Å². The van der Waals surface area contributed by atoms with Crippen LogP contribution in [0.15, 0.2) is 47.1 Å². The van der Waals surface area contributed by atoms with Crippen LogP contribution in [0.4, 0.5) is 0 Å². The van der Waals surface area contributed by atoms with E-state index in [1.54, 1.807) is 40.2 Å². The van der Waals surface area contributed by atoms with Gasteiger partial charge in [-0.2, -0.15) is 0 Å². The Morgan fingerprint density at radius 1 is 0.919 bits per heavy atom.